The summed E-state index contributed by atoms with van der Waals surface area (Å²) in [5, 5.41) is 17.1. The molecule has 0 atom stereocenters. The Labute approximate surface area is 66.3 Å². The lowest BCUT2D eigenvalue weighted by atomic mass is 10.4. The summed E-state index contributed by atoms with van der Waals surface area (Å²) in [4.78, 5) is 14.3. The van der Waals surface area contributed by atoms with E-state index in [0.29, 0.717) is 5.69 Å². The molecule has 6 heteroatoms. The molecular weight excluding hydrogens is 168 g/mol. The van der Waals surface area contributed by atoms with E-state index < -0.39 is 5.97 Å². The molecule has 0 radical (unpaired) electrons. The molecule has 0 saturated heterocycles. The highest BCUT2D eigenvalue weighted by atomic mass is 32.1. The first-order chi connectivity index (χ1) is 5.15. The molecule has 11 heavy (non-hydrogen) atoms. The Morgan fingerprint density at radius 1 is 1.73 bits per heavy atom. The minimum Gasteiger partial charge on any atom is -0.477 e. The van der Waals surface area contributed by atoms with Gasteiger partial charge in [-0.25, -0.2) is 15.3 Å². The van der Waals surface area contributed by atoms with Crippen LogP contribution < -0.4 is 5.48 Å². The maximum Gasteiger partial charge on any atom is 0.347 e. The smallest absolute Gasteiger partial charge is 0.347 e. The number of hydrogen-bond donors (Lipinski definition) is 3. The molecule has 60 valence electrons. The van der Waals surface area contributed by atoms with Crippen LogP contribution in [0, 0.1) is 6.92 Å². The van der Waals surface area contributed by atoms with Gasteiger partial charge >= 0.3 is 5.97 Å². The van der Waals surface area contributed by atoms with Gasteiger partial charge in [0.05, 0.1) is 5.69 Å². The maximum atomic E-state index is 10.4. The molecule has 1 heterocycles. The van der Waals surface area contributed by atoms with Crippen LogP contribution in [-0.4, -0.2) is 21.3 Å². The molecule has 0 aliphatic carbocycles. The number of aromatic nitrogens is 1. The van der Waals surface area contributed by atoms with Crippen molar-refractivity contribution in [2.24, 2.45) is 0 Å². The van der Waals surface area contributed by atoms with Gasteiger partial charge in [-0.1, -0.05) is 11.3 Å². The van der Waals surface area contributed by atoms with Gasteiger partial charge in [0.1, 0.15) is 4.88 Å². The summed E-state index contributed by atoms with van der Waals surface area (Å²) in [5.74, 6) is -1.03. The van der Waals surface area contributed by atoms with E-state index in [0.717, 1.165) is 11.3 Å². The fourth-order valence-electron chi connectivity index (χ4n) is 0.643. The monoisotopic (exact) mass is 174 g/mol. The molecule has 0 aromatic carbocycles. The van der Waals surface area contributed by atoms with E-state index in [4.69, 9.17) is 10.3 Å². The SMILES string of the molecule is Cc1nc(NO)sc1C(=O)O. The fraction of sp³-hybridized carbons (Fsp3) is 0.200. The molecule has 0 spiro atoms. The summed E-state index contributed by atoms with van der Waals surface area (Å²) in [5.41, 5.74) is 2.19. The molecule has 0 amide bonds. The average molecular weight is 174 g/mol. The Hall–Kier alpha value is -1.14. The third-order valence-electron chi connectivity index (χ3n) is 1.09. The Morgan fingerprint density at radius 2 is 2.36 bits per heavy atom. The van der Waals surface area contributed by atoms with Crippen molar-refractivity contribution in [2.75, 3.05) is 5.48 Å². The first-order valence-electron chi connectivity index (χ1n) is 2.76. The second kappa shape index (κ2) is 2.85. The van der Waals surface area contributed by atoms with Crippen LogP contribution in [0.15, 0.2) is 0 Å². The van der Waals surface area contributed by atoms with Crippen LogP contribution in [0.5, 0.6) is 0 Å². The summed E-state index contributed by atoms with van der Waals surface area (Å²) in [6.07, 6.45) is 0. The van der Waals surface area contributed by atoms with Crippen molar-refractivity contribution in [3.63, 3.8) is 0 Å². The minimum absolute atomic E-state index is 0.140. The van der Waals surface area contributed by atoms with Crippen molar-refractivity contribution in [1.82, 2.24) is 4.98 Å². The lowest BCUT2D eigenvalue weighted by molar-refractivity contribution is 0.0701. The summed E-state index contributed by atoms with van der Waals surface area (Å²) >= 11 is 0.896. The van der Waals surface area contributed by atoms with Crippen LogP contribution in [0.3, 0.4) is 0 Å². The number of aromatic carboxylic acids is 1. The standard InChI is InChI=1S/C5H6N2O3S/c1-2-3(4(8)9)11-5(6-2)7-10/h10H,1H3,(H,6,7)(H,8,9). The van der Waals surface area contributed by atoms with Gasteiger partial charge in [0.15, 0.2) is 0 Å². The molecule has 5 nitrogen and oxygen atoms in total. The Balaban J connectivity index is 3.07. The zero-order chi connectivity index (χ0) is 8.43. The van der Waals surface area contributed by atoms with Gasteiger partial charge in [-0.15, -0.1) is 0 Å². The third kappa shape index (κ3) is 1.47. The Bertz CT molecular complexity index is 283. The van der Waals surface area contributed by atoms with Gasteiger partial charge in [0.2, 0.25) is 5.13 Å². The van der Waals surface area contributed by atoms with Gasteiger partial charge in [0.25, 0.3) is 0 Å². The van der Waals surface area contributed by atoms with Crippen LogP contribution in [0.4, 0.5) is 5.13 Å². The predicted octanol–water partition coefficient (Wildman–Crippen LogP) is 0.951. The summed E-state index contributed by atoms with van der Waals surface area (Å²) in [6, 6.07) is 0. The lowest BCUT2D eigenvalue weighted by Gasteiger charge is -1.84. The normalized spacial score (nSPS) is 9.64. The summed E-state index contributed by atoms with van der Waals surface area (Å²) in [7, 11) is 0. The molecule has 0 aliphatic rings. The zero-order valence-electron chi connectivity index (χ0n) is 5.66. The van der Waals surface area contributed by atoms with Crippen LogP contribution in [-0.2, 0) is 0 Å². The molecule has 0 aliphatic heterocycles. The molecule has 0 bridgehead atoms. The summed E-state index contributed by atoms with van der Waals surface area (Å²) in [6.45, 7) is 1.57. The van der Waals surface area contributed by atoms with E-state index in [1.807, 2.05) is 0 Å². The maximum absolute atomic E-state index is 10.4. The van der Waals surface area contributed by atoms with Gasteiger partial charge in [-0.3, -0.25) is 5.21 Å². The molecule has 0 saturated carbocycles. The number of carboxylic acid groups (broad SMARTS) is 1. The quantitative estimate of drug-likeness (QED) is 0.581. The molecule has 1 aromatic rings. The molecule has 1 aromatic heterocycles. The molecule has 3 N–H and O–H groups in total. The van der Waals surface area contributed by atoms with E-state index in [2.05, 4.69) is 4.98 Å². The number of aryl methyl sites for hydroxylation is 1. The van der Waals surface area contributed by atoms with Crippen molar-refractivity contribution in [1.29, 1.82) is 0 Å². The first kappa shape index (κ1) is 7.96. The number of rotatable bonds is 2. The summed E-state index contributed by atoms with van der Waals surface area (Å²) < 4.78 is 0. The number of anilines is 1. The van der Waals surface area contributed by atoms with Crippen LogP contribution in [0.25, 0.3) is 0 Å². The van der Waals surface area contributed by atoms with Crippen LogP contribution >= 0.6 is 11.3 Å². The number of nitrogens with one attached hydrogen (secondary N) is 1. The van der Waals surface area contributed by atoms with E-state index in [1.165, 1.54) is 0 Å². The molecule has 1 rings (SSSR count). The predicted molar refractivity (Wildman–Crippen MR) is 39.2 cm³/mol. The van der Waals surface area contributed by atoms with Crippen molar-refractivity contribution in [3.8, 4) is 0 Å². The highest BCUT2D eigenvalue weighted by Gasteiger charge is 2.12. The number of carbonyl (C=O) groups is 1. The molecule has 0 fully saturated rings. The topological polar surface area (TPSA) is 82.5 Å². The van der Waals surface area contributed by atoms with E-state index in [9.17, 15) is 4.79 Å². The minimum atomic E-state index is -1.03. The van der Waals surface area contributed by atoms with E-state index >= 15 is 0 Å². The number of hydrogen-bond acceptors (Lipinski definition) is 5. The van der Waals surface area contributed by atoms with Crippen molar-refractivity contribution in [3.05, 3.63) is 10.6 Å². The average Bonchev–Trinajstić information content (AvgIpc) is 2.30. The van der Waals surface area contributed by atoms with Gasteiger partial charge < -0.3 is 5.11 Å². The Kier molecular flexibility index (Phi) is 2.06. The van der Waals surface area contributed by atoms with Gasteiger partial charge in [-0.05, 0) is 6.92 Å². The Morgan fingerprint density at radius 3 is 2.64 bits per heavy atom. The second-order valence-corrected chi connectivity index (χ2v) is 2.85. The first-order valence-corrected chi connectivity index (χ1v) is 3.57. The largest absolute Gasteiger partial charge is 0.477 e. The second-order valence-electron chi connectivity index (χ2n) is 1.85. The van der Waals surface area contributed by atoms with E-state index in [-0.39, 0.29) is 10.0 Å². The van der Waals surface area contributed by atoms with Crippen LogP contribution in [0.1, 0.15) is 15.4 Å². The fourth-order valence-corrected chi connectivity index (χ4v) is 1.34. The van der Waals surface area contributed by atoms with Gasteiger partial charge in [0, 0.05) is 0 Å². The van der Waals surface area contributed by atoms with Gasteiger partial charge in [-0.2, -0.15) is 0 Å². The number of thiazole rings is 1. The van der Waals surface area contributed by atoms with Crippen LogP contribution in [0.2, 0.25) is 0 Å². The van der Waals surface area contributed by atoms with E-state index in [1.54, 1.807) is 12.4 Å². The number of carboxylic acids is 1. The highest BCUT2D eigenvalue weighted by molar-refractivity contribution is 7.17. The van der Waals surface area contributed by atoms with Crippen molar-refractivity contribution in [2.45, 2.75) is 6.92 Å². The molecular formula is C5H6N2O3S. The molecule has 0 unspecified atom stereocenters. The lowest BCUT2D eigenvalue weighted by Crippen LogP contribution is -1.94. The zero-order valence-corrected chi connectivity index (χ0v) is 6.47. The van der Waals surface area contributed by atoms with Crippen molar-refractivity contribution < 1.29 is 15.1 Å². The van der Waals surface area contributed by atoms with Crippen molar-refractivity contribution >= 4 is 22.4 Å². The highest BCUT2D eigenvalue weighted by Crippen LogP contribution is 2.21. The third-order valence-corrected chi connectivity index (χ3v) is 2.14. The number of nitrogens with zero attached hydrogens (tertiary/aromatic N) is 1.